The van der Waals surface area contributed by atoms with Crippen molar-refractivity contribution in [3.05, 3.63) is 75.8 Å². The molecule has 1 aromatic carbocycles. The van der Waals surface area contributed by atoms with Gasteiger partial charge in [0.1, 0.15) is 23.1 Å². The number of pyridine rings is 1. The lowest BCUT2D eigenvalue weighted by molar-refractivity contribution is -0.0229. The Hall–Kier alpha value is -3.19. The number of amides is 1. The predicted molar refractivity (Wildman–Crippen MR) is 98.9 cm³/mol. The molecule has 138 valence electrons. The second kappa shape index (κ2) is 6.85. The summed E-state index contributed by atoms with van der Waals surface area (Å²) in [5.74, 6) is -0.219. The highest BCUT2D eigenvalue weighted by Gasteiger charge is 2.28. The standard InChI is InChI=1S/C20H19N3O4/c1-13-5-6-18-21-10-16(20(26)23(18)11-13)19(25)22-7-8-27-17(12-22)14-3-2-4-15(24)9-14/h2-6,9-11,17,24H,7-8,12H2,1H3. The number of rotatable bonds is 2. The van der Waals surface area contributed by atoms with Gasteiger partial charge in [-0.15, -0.1) is 0 Å². The third-order valence-electron chi connectivity index (χ3n) is 4.68. The van der Waals surface area contributed by atoms with Gasteiger partial charge in [0, 0.05) is 18.9 Å². The van der Waals surface area contributed by atoms with E-state index in [-0.39, 0.29) is 28.9 Å². The van der Waals surface area contributed by atoms with Gasteiger partial charge in [0.15, 0.2) is 0 Å². The molecule has 1 aliphatic rings. The molecular formula is C20H19N3O4. The van der Waals surface area contributed by atoms with E-state index in [1.54, 1.807) is 35.4 Å². The molecule has 7 nitrogen and oxygen atoms in total. The summed E-state index contributed by atoms with van der Waals surface area (Å²) in [5, 5.41) is 9.67. The number of aromatic nitrogens is 2. The van der Waals surface area contributed by atoms with E-state index in [0.29, 0.717) is 25.3 Å². The lowest BCUT2D eigenvalue weighted by Crippen LogP contribution is -2.44. The minimum Gasteiger partial charge on any atom is -0.508 e. The Morgan fingerprint density at radius 1 is 1.30 bits per heavy atom. The average Bonchev–Trinajstić information content (AvgIpc) is 2.68. The molecule has 1 saturated heterocycles. The van der Waals surface area contributed by atoms with Gasteiger partial charge in [0.25, 0.3) is 11.5 Å². The molecule has 1 unspecified atom stereocenters. The summed E-state index contributed by atoms with van der Waals surface area (Å²) in [6, 6.07) is 10.4. The summed E-state index contributed by atoms with van der Waals surface area (Å²) in [7, 11) is 0. The first-order valence-corrected chi connectivity index (χ1v) is 8.71. The molecule has 0 radical (unpaired) electrons. The zero-order chi connectivity index (χ0) is 19.0. The first kappa shape index (κ1) is 17.2. The first-order valence-electron chi connectivity index (χ1n) is 8.71. The van der Waals surface area contributed by atoms with Crippen LogP contribution in [0.5, 0.6) is 5.75 Å². The van der Waals surface area contributed by atoms with Crippen LogP contribution in [0.2, 0.25) is 0 Å². The number of aryl methyl sites for hydroxylation is 1. The van der Waals surface area contributed by atoms with Gasteiger partial charge in [-0.05, 0) is 36.2 Å². The molecule has 1 amide bonds. The molecule has 1 atom stereocenters. The SMILES string of the molecule is Cc1ccc2ncc(C(=O)N3CCOC(c4cccc(O)c4)C3)c(=O)n2c1. The van der Waals surface area contributed by atoms with Gasteiger partial charge in [0.05, 0.1) is 13.2 Å². The molecule has 27 heavy (non-hydrogen) atoms. The number of phenolic OH excluding ortho intramolecular Hbond substituents is 1. The van der Waals surface area contributed by atoms with Gasteiger partial charge in [-0.2, -0.15) is 0 Å². The van der Waals surface area contributed by atoms with E-state index in [2.05, 4.69) is 4.98 Å². The van der Waals surface area contributed by atoms with Crippen molar-refractivity contribution in [1.29, 1.82) is 0 Å². The van der Waals surface area contributed by atoms with Crippen molar-refractivity contribution in [2.24, 2.45) is 0 Å². The van der Waals surface area contributed by atoms with Crippen LogP contribution in [0.15, 0.2) is 53.6 Å². The van der Waals surface area contributed by atoms with Crippen molar-refractivity contribution in [3.8, 4) is 5.75 Å². The van der Waals surface area contributed by atoms with Crippen molar-refractivity contribution >= 4 is 11.6 Å². The number of carbonyl (C=O) groups is 1. The number of nitrogens with zero attached hydrogens (tertiary/aromatic N) is 3. The Balaban J connectivity index is 1.63. The Labute approximate surface area is 155 Å². The zero-order valence-electron chi connectivity index (χ0n) is 14.8. The molecule has 1 aliphatic heterocycles. The minimum atomic E-state index is -0.380. The fourth-order valence-corrected chi connectivity index (χ4v) is 3.26. The second-order valence-electron chi connectivity index (χ2n) is 6.62. The molecule has 3 heterocycles. The fourth-order valence-electron chi connectivity index (χ4n) is 3.26. The van der Waals surface area contributed by atoms with Crippen molar-refractivity contribution in [2.45, 2.75) is 13.0 Å². The van der Waals surface area contributed by atoms with Crippen molar-refractivity contribution < 1.29 is 14.6 Å². The highest BCUT2D eigenvalue weighted by molar-refractivity contribution is 5.93. The number of aromatic hydroxyl groups is 1. The predicted octanol–water partition coefficient (Wildman–Crippen LogP) is 1.92. The van der Waals surface area contributed by atoms with Crippen molar-refractivity contribution in [1.82, 2.24) is 14.3 Å². The number of morpholine rings is 1. The maximum Gasteiger partial charge on any atom is 0.270 e. The van der Waals surface area contributed by atoms with Crippen LogP contribution in [0.25, 0.3) is 5.65 Å². The Morgan fingerprint density at radius 2 is 2.15 bits per heavy atom. The number of phenols is 1. The third-order valence-corrected chi connectivity index (χ3v) is 4.68. The van der Waals surface area contributed by atoms with Crippen molar-refractivity contribution in [2.75, 3.05) is 19.7 Å². The van der Waals surface area contributed by atoms with Crippen LogP contribution in [-0.4, -0.2) is 45.0 Å². The Bertz CT molecular complexity index is 1080. The summed E-state index contributed by atoms with van der Waals surface area (Å²) < 4.78 is 7.15. The lowest BCUT2D eigenvalue weighted by atomic mass is 10.1. The number of hydrogen-bond donors (Lipinski definition) is 1. The normalized spacial score (nSPS) is 17.2. The Kier molecular flexibility index (Phi) is 4.37. The smallest absolute Gasteiger partial charge is 0.270 e. The van der Waals surface area contributed by atoms with Crippen LogP contribution < -0.4 is 5.56 Å². The number of hydrogen-bond acceptors (Lipinski definition) is 5. The summed E-state index contributed by atoms with van der Waals surface area (Å²) in [6.07, 6.45) is 2.66. The molecule has 7 heteroatoms. The molecule has 1 N–H and O–H groups in total. The van der Waals surface area contributed by atoms with Gasteiger partial charge in [-0.1, -0.05) is 18.2 Å². The van der Waals surface area contributed by atoms with E-state index in [0.717, 1.165) is 11.1 Å². The third kappa shape index (κ3) is 3.29. The van der Waals surface area contributed by atoms with Gasteiger partial charge < -0.3 is 14.7 Å². The fraction of sp³-hybridized carbons (Fsp3) is 0.250. The van der Waals surface area contributed by atoms with Crippen molar-refractivity contribution in [3.63, 3.8) is 0 Å². The second-order valence-corrected chi connectivity index (χ2v) is 6.62. The highest BCUT2D eigenvalue weighted by atomic mass is 16.5. The Morgan fingerprint density at radius 3 is 2.96 bits per heavy atom. The quantitative estimate of drug-likeness (QED) is 0.750. The van der Waals surface area contributed by atoms with E-state index >= 15 is 0 Å². The van der Waals surface area contributed by atoms with Crippen LogP contribution in [-0.2, 0) is 4.74 Å². The molecule has 4 rings (SSSR count). The summed E-state index contributed by atoms with van der Waals surface area (Å²) in [4.78, 5) is 31.6. The number of carbonyl (C=O) groups excluding carboxylic acids is 1. The van der Waals surface area contributed by atoms with Gasteiger partial charge in [-0.3, -0.25) is 14.0 Å². The minimum absolute atomic E-state index is 0.0367. The lowest BCUT2D eigenvalue weighted by Gasteiger charge is -2.33. The maximum absolute atomic E-state index is 13.0. The van der Waals surface area contributed by atoms with Crippen LogP contribution in [0, 0.1) is 6.92 Å². The van der Waals surface area contributed by atoms with E-state index in [1.165, 1.54) is 10.6 Å². The number of benzene rings is 1. The largest absolute Gasteiger partial charge is 0.508 e. The van der Waals surface area contributed by atoms with Crippen LogP contribution in [0.3, 0.4) is 0 Å². The van der Waals surface area contributed by atoms with E-state index in [1.807, 2.05) is 19.1 Å². The van der Waals surface area contributed by atoms with E-state index in [9.17, 15) is 14.7 Å². The molecule has 0 aliphatic carbocycles. The van der Waals surface area contributed by atoms with Gasteiger partial charge in [0.2, 0.25) is 0 Å². The van der Waals surface area contributed by atoms with Gasteiger partial charge in [-0.25, -0.2) is 4.98 Å². The average molecular weight is 365 g/mol. The van der Waals surface area contributed by atoms with Crippen LogP contribution >= 0.6 is 0 Å². The summed E-state index contributed by atoms with van der Waals surface area (Å²) in [6.45, 7) is 2.93. The molecule has 0 bridgehead atoms. The van der Waals surface area contributed by atoms with E-state index < -0.39 is 0 Å². The summed E-state index contributed by atoms with van der Waals surface area (Å²) in [5.41, 5.74) is 1.85. The number of ether oxygens (including phenoxy) is 1. The number of fused-ring (bicyclic) bond motifs is 1. The van der Waals surface area contributed by atoms with Crippen LogP contribution in [0.1, 0.15) is 27.6 Å². The zero-order valence-corrected chi connectivity index (χ0v) is 14.8. The monoisotopic (exact) mass is 365 g/mol. The molecule has 0 saturated carbocycles. The molecular weight excluding hydrogens is 346 g/mol. The first-order chi connectivity index (χ1) is 13.0. The summed E-state index contributed by atoms with van der Waals surface area (Å²) >= 11 is 0. The highest BCUT2D eigenvalue weighted by Crippen LogP contribution is 2.25. The van der Waals surface area contributed by atoms with Crippen LogP contribution in [0.4, 0.5) is 0 Å². The topological polar surface area (TPSA) is 84.1 Å². The molecule has 1 fully saturated rings. The van der Waals surface area contributed by atoms with Gasteiger partial charge >= 0.3 is 0 Å². The molecule has 0 spiro atoms. The maximum atomic E-state index is 13.0. The van der Waals surface area contributed by atoms with E-state index in [4.69, 9.17) is 4.74 Å². The molecule has 3 aromatic rings. The molecule has 2 aromatic heterocycles.